The molecular formula is C14H11N3. The molecule has 0 bridgehead atoms. The molecule has 3 heteroatoms. The smallest absolute Gasteiger partial charge is 0.0966 e. The highest BCUT2D eigenvalue weighted by Gasteiger charge is 2.11. The van der Waals surface area contributed by atoms with Gasteiger partial charge in [0, 0.05) is 25.4 Å². The molecule has 0 spiro atoms. The molecule has 0 saturated carbocycles. The van der Waals surface area contributed by atoms with Crippen molar-refractivity contribution in [2.45, 2.75) is 13.0 Å². The predicted molar refractivity (Wildman–Crippen MR) is 64.0 cm³/mol. The van der Waals surface area contributed by atoms with Crippen molar-refractivity contribution in [1.29, 1.82) is 10.5 Å². The van der Waals surface area contributed by atoms with Crippen LogP contribution >= 0.6 is 0 Å². The van der Waals surface area contributed by atoms with E-state index in [2.05, 4.69) is 12.1 Å². The van der Waals surface area contributed by atoms with Gasteiger partial charge in [0.25, 0.3) is 0 Å². The second-order valence-corrected chi connectivity index (χ2v) is 3.87. The lowest BCUT2D eigenvalue weighted by Gasteiger charge is -2.20. The highest BCUT2D eigenvalue weighted by atomic mass is 15.1. The topological polar surface area (TPSA) is 50.8 Å². The van der Waals surface area contributed by atoms with E-state index >= 15 is 0 Å². The minimum Gasteiger partial charge on any atom is -0.348 e. The zero-order valence-electron chi connectivity index (χ0n) is 9.30. The zero-order valence-corrected chi connectivity index (χ0v) is 9.30. The van der Waals surface area contributed by atoms with Crippen LogP contribution in [0.1, 0.15) is 12.0 Å². The van der Waals surface area contributed by atoms with Crippen molar-refractivity contribution >= 4 is 0 Å². The normalized spacial score (nSPS) is 14.4. The minimum atomic E-state index is 0.443. The third-order valence-corrected chi connectivity index (χ3v) is 2.52. The first-order valence-corrected chi connectivity index (χ1v) is 5.33. The van der Waals surface area contributed by atoms with Gasteiger partial charge in [-0.3, -0.25) is 0 Å². The number of allylic oxidation sites excluding steroid dienone is 2. The van der Waals surface area contributed by atoms with Gasteiger partial charge in [0.1, 0.15) is 0 Å². The molecule has 0 amide bonds. The highest BCUT2D eigenvalue weighted by molar-refractivity contribution is 5.37. The molecule has 2 rings (SSSR count). The number of benzene rings is 1. The van der Waals surface area contributed by atoms with Crippen molar-refractivity contribution in [2.24, 2.45) is 0 Å². The third kappa shape index (κ3) is 2.74. The van der Waals surface area contributed by atoms with E-state index in [0.29, 0.717) is 24.1 Å². The maximum atomic E-state index is 8.91. The van der Waals surface area contributed by atoms with E-state index in [4.69, 9.17) is 10.5 Å². The lowest BCUT2D eigenvalue weighted by Crippen LogP contribution is -2.14. The fourth-order valence-electron chi connectivity index (χ4n) is 1.76. The van der Waals surface area contributed by atoms with Gasteiger partial charge in [0.2, 0.25) is 0 Å². The quantitative estimate of drug-likeness (QED) is 0.771. The molecule has 0 saturated heterocycles. The van der Waals surface area contributed by atoms with Gasteiger partial charge in [-0.25, -0.2) is 0 Å². The van der Waals surface area contributed by atoms with E-state index in [0.717, 1.165) is 5.56 Å². The fraction of sp³-hybridized carbons (Fsp3) is 0.143. The Morgan fingerprint density at radius 3 is 2.12 bits per heavy atom. The van der Waals surface area contributed by atoms with Crippen molar-refractivity contribution < 1.29 is 0 Å². The van der Waals surface area contributed by atoms with Crippen molar-refractivity contribution in [3.63, 3.8) is 0 Å². The van der Waals surface area contributed by atoms with Crippen LogP contribution in [0.4, 0.5) is 0 Å². The molecule has 0 fully saturated rings. The summed E-state index contributed by atoms with van der Waals surface area (Å²) >= 11 is 0. The number of rotatable bonds is 2. The monoisotopic (exact) mass is 221 g/mol. The van der Waals surface area contributed by atoms with Gasteiger partial charge in [0.15, 0.2) is 0 Å². The molecule has 1 aliphatic rings. The maximum absolute atomic E-state index is 8.91. The van der Waals surface area contributed by atoms with Crippen LogP contribution in [-0.2, 0) is 6.54 Å². The van der Waals surface area contributed by atoms with E-state index in [1.807, 2.05) is 35.2 Å². The first-order chi connectivity index (χ1) is 8.31. The predicted octanol–water partition coefficient (Wildman–Crippen LogP) is 2.71. The average molecular weight is 221 g/mol. The van der Waals surface area contributed by atoms with Gasteiger partial charge in [0.05, 0.1) is 23.3 Å². The first-order valence-electron chi connectivity index (χ1n) is 5.33. The lowest BCUT2D eigenvalue weighted by atomic mass is 10.1. The molecule has 1 aromatic rings. The first kappa shape index (κ1) is 11.0. The van der Waals surface area contributed by atoms with Crippen LogP contribution in [0.2, 0.25) is 0 Å². The van der Waals surface area contributed by atoms with E-state index in [-0.39, 0.29) is 0 Å². The standard InChI is InChI=1S/C14H11N3/c15-7-13-6-14(8-16)11-17(10-13)9-12-4-2-1-3-5-12/h1-5,10-11H,6,9H2. The van der Waals surface area contributed by atoms with Crippen LogP contribution in [0.15, 0.2) is 53.9 Å². The molecular weight excluding hydrogens is 210 g/mol. The molecule has 0 N–H and O–H groups in total. The van der Waals surface area contributed by atoms with Crippen LogP contribution < -0.4 is 0 Å². The Labute approximate surface area is 101 Å². The molecule has 1 aromatic carbocycles. The summed E-state index contributed by atoms with van der Waals surface area (Å²) in [5.41, 5.74) is 2.40. The van der Waals surface area contributed by atoms with Crippen LogP contribution in [0.3, 0.4) is 0 Å². The third-order valence-electron chi connectivity index (χ3n) is 2.52. The molecule has 82 valence electrons. The Hall–Kier alpha value is -2.52. The largest absolute Gasteiger partial charge is 0.348 e. The Balaban J connectivity index is 2.18. The molecule has 0 atom stereocenters. The molecule has 1 aliphatic heterocycles. The van der Waals surface area contributed by atoms with Gasteiger partial charge in [-0.05, 0) is 5.56 Å². The van der Waals surface area contributed by atoms with E-state index in [9.17, 15) is 0 Å². The van der Waals surface area contributed by atoms with E-state index in [1.165, 1.54) is 0 Å². The second kappa shape index (κ2) is 5.01. The van der Waals surface area contributed by atoms with E-state index < -0.39 is 0 Å². The molecule has 17 heavy (non-hydrogen) atoms. The second-order valence-electron chi connectivity index (χ2n) is 3.87. The van der Waals surface area contributed by atoms with Gasteiger partial charge >= 0.3 is 0 Å². The zero-order chi connectivity index (χ0) is 12.1. The summed E-state index contributed by atoms with van der Waals surface area (Å²) in [5, 5.41) is 17.8. The summed E-state index contributed by atoms with van der Waals surface area (Å²) in [6.07, 6.45) is 4.04. The van der Waals surface area contributed by atoms with Crippen LogP contribution in [0.5, 0.6) is 0 Å². The number of hydrogen-bond acceptors (Lipinski definition) is 3. The minimum absolute atomic E-state index is 0.443. The molecule has 3 nitrogen and oxygen atoms in total. The molecule has 0 aromatic heterocycles. The van der Waals surface area contributed by atoms with E-state index in [1.54, 1.807) is 12.4 Å². The number of nitrogens with zero attached hydrogens (tertiary/aromatic N) is 3. The van der Waals surface area contributed by atoms with Gasteiger partial charge in [-0.2, -0.15) is 10.5 Å². The Morgan fingerprint density at radius 2 is 1.59 bits per heavy atom. The summed E-state index contributed by atoms with van der Waals surface area (Å²) in [4.78, 5) is 1.88. The molecule has 0 radical (unpaired) electrons. The van der Waals surface area contributed by atoms with Gasteiger partial charge in [-0.1, -0.05) is 30.3 Å². The fourth-order valence-corrected chi connectivity index (χ4v) is 1.76. The Kier molecular flexibility index (Phi) is 3.23. The Bertz CT molecular complexity index is 511. The van der Waals surface area contributed by atoms with Crippen LogP contribution in [-0.4, -0.2) is 4.90 Å². The van der Waals surface area contributed by atoms with Crippen molar-refractivity contribution in [3.05, 3.63) is 59.4 Å². The van der Waals surface area contributed by atoms with Crippen molar-refractivity contribution in [1.82, 2.24) is 4.90 Å². The number of nitriles is 2. The lowest BCUT2D eigenvalue weighted by molar-refractivity contribution is 0.486. The summed E-state index contributed by atoms with van der Waals surface area (Å²) in [6.45, 7) is 0.678. The van der Waals surface area contributed by atoms with Gasteiger partial charge in [-0.15, -0.1) is 0 Å². The van der Waals surface area contributed by atoms with Crippen molar-refractivity contribution in [3.8, 4) is 12.1 Å². The summed E-state index contributed by atoms with van der Waals surface area (Å²) < 4.78 is 0. The molecule has 1 heterocycles. The molecule has 0 unspecified atom stereocenters. The Morgan fingerprint density at radius 1 is 1.00 bits per heavy atom. The van der Waals surface area contributed by atoms with Crippen LogP contribution in [0.25, 0.3) is 0 Å². The van der Waals surface area contributed by atoms with Gasteiger partial charge < -0.3 is 4.90 Å². The number of hydrogen-bond donors (Lipinski definition) is 0. The maximum Gasteiger partial charge on any atom is 0.0966 e. The van der Waals surface area contributed by atoms with Crippen LogP contribution in [0, 0.1) is 22.7 Å². The summed E-state index contributed by atoms with van der Waals surface area (Å²) in [7, 11) is 0. The average Bonchev–Trinajstić information content (AvgIpc) is 2.39. The molecule has 0 aliphatic carbocycles. The SMILES string of the molecule is N#CC1=CN(Cc2ccccc2)C=C(C#N)C1. The highest BCUT2D eigenvalue weighted by Crippen LogP contribution is 2.19. The summed E-state index contributed by atoms with van der Waals surface area (Å²) in [5.74, 6) is 0. The summed E-state index contributed by atoms with van der Waals surface area (Å²) in [6, 6.07) is 14.2. The van der Waals surface area contributed by atoms with Crippen molar-refractivity contribution in [2.75, 3.05) is 0 Å².